The maximum absolute atomic E-state index is 9.62. The Bertz CT molecular complexity index is 508. The van der Waals surface area contributed by atoms with Gasteiger partial charge in [0.2, 0.25) is 0 Å². The van der Waals surface area contributed by atoms with Gasteiger partial charge in [0.05, 0.1) is 0 Å². The third kappa shape index (κ3) is 84.0. The maximum atomic E-state index is 9.62. The summed E-state index contributed by atoms with van der Waals surface area (Å²) in [6.07, 6.45) is 13.9. The molecule has 31 heavy (non-hydrogen) atoms. The minimum absolute atomic E-state index is 0. The van der Waals surface area contributed by atoms with Crippen molar-refractivity contribution in [3.63, 3.8) is 0 Å². The summed E-state index contributed by atoms with van der Waals surface area (Å²) in [6.45, 7) is 31.5. The first-order chi connectivity index (χ1) is 14.4. The number of rotatable bonds is 2. The van der Waals surface area contributed by atoms with Gasteiger partial charge in [0.25, 0.3) is 0 Å². The van der Waals surface area contributed by atoms with Gasteiger partial charge in [-0.2, -0.15) is 12.0 Å². The van der Waals surface area contributed by atoms with Gasteiger partial charge in [-0.1, -0.05) is 30.3 Å². The van der Waals surface area contributed by atoms with Crippen molar-refractivity contribution in [3.05, 3.63) is 115 Å². The van der Waals surface area contributed by atoms with Crippen LogP contribution >= 0.6 is 0 Å². The van der Waals surface area contributed by atoms with Crippen molar-refractivity contribution >= 4 is 12.6 Å². The van der Waals surface area contributed by atoms with Crippen molar-refractivity contribution in [1.29, 1.82) is 0 Å². The zero-order valence-electron chi connectivity index (χ0n) is 15.3. The number of hydrogen-bond acceptors (Lipinski definition) is 1. The van der Waals surface area contributed by atoms with E-state index >= 15 is 0 Å². The molecular formula is C20H10NO8ReW-2. The van der Waals surface area contributed by atoms with Crippen LogP contribution in [0.2, 0.25) is 0 Å². The predicted octanol–water partition coefficient (Wildman–Crippen LogP) is 1.80. The van der Waals surface area contributed by atoms with E-state index in [0.29, 0.717) is 0 Å². The molecule has 1 aliphatic carbocycles. The Labute approximate surface area is 210 Å². The molecule has 0 atom stereocenters. The molecular weight excluding hydrogens is 752 g/mol. The molecule has 0 heterocycles. The molecule has 0 saturated heterocycles. The van der Waals surface area contributed by atoms with E-state index in [-0.39, 0.29) is 41.5 Å². The van der Waals surface area contributed by atoms with Crippen LogP contribution in [0.1, 0.15) is 5.56 Å². The Morgan fingerprint density at radius 1 is 0.581 bits per heavy atom. The molecule has 0 aromatic heterocycles. The Morgan fingerprint density at radius 3 is 1.06 bits per heavy atom. The normalized spacial score (nSPS) is 7.55. The molecule has 158 valence electrons. The number of hydrogen-bond donors (Lipinski definition) is 0. The van der Waals surface area contributed by atoms with Crippen LogP contribution in [-0.4, -0.2) is 12.6 Å². The summed E-state index contributed by atoms with van der Waals surface area (Å²) < 4.78 is 52.5. The van der Waals surface area contributed by atoms with Gasteiger partial charge >= 0.3 is 79.1 Å². The predicted molar refractivity (Wildman–Crippen MR) is 87.7 cm³/mol. The Morgan fingerprint density at radius 2 is 0.839 bits per heavy atom. The third-order valence-corrected chi connectivity index (χ3v) is 1.56. The molecule has 2 rings (SSSR count). The van der Waals surface area contributed by atoms with E-state index in [4.69, 9.17) is 32.6 Å². The van der Waals surface area contributed by atoms with Crippen LogP contribution in [0.15, 0.2) is 35.3 Å². The summed E-state index contributed by atoms with van der Waals surface area (Å²) in [5.41, 5.74) is 0.783. The summed E-state index contributed by atoms with van der Waals surface area (Å²) in [5, 5.41) is 0. The van der Waals surface area contributed by atoms with E-state index in [1.54, 1.807) is 12.1 Å². The van der Waals surface area contributed by atoms with Crippen LogP contribution in [0.25, 0.3) is 0 Å². The number of carbonyl (C=O) groups excluding carboxylic acids is 1. The molecule has 1 aromatic carbocycles. The van der Waals surface area contributed by atoms with Crippen molar-refractivity contribution < 1.29 is 78.8 Å². The average Bonchev–Trinajstić information content (AvgIpc) is 3.48. The van der Waals surface area contributed by atoms with Crippen LogP contribution in [0.3, 0.4) is 0 Å². The molecule has 0 aliphatic heterocycles. The van der Waals surface area contributed by atoms with Gasteiger partial charge in [0.15, 0.2) is 0 Å². The van der Waals surface area contributed by atoms with Crippen LogP contribution in [0, 0.1) is 78.7 Å². The fourth-order valence-corrected chi connectivity index (χ4v) is 0.921. The molecule has 0 N–H and O–H groups in total. The van der Waals surface area contributed by atoms with E-state index in [2.05, 4.69) is 57.8 Å². The SMILES string of the molecule is O=[C-]N=[C-]c1ccccc1.[C-]#[O+].[C-]#[O+].[C-]#[O+].[C-]#[O+].[C-]#[O+].[C-]#[O+].[C-]#[O+].[CH]1[CH][CH][CH][CH]1.[Re].[W]. The molecule has 6 radical (unpaired) electrons. The molecule has 0 unspecified atom stereocenters. The van der Waals surface area contributed by atoms with E-state index in [0.717, 1.165) is 5.56 Å². The first kappa shape index (κ1) is 56.9. The fraction of sp³-hybridized carbons (Fsp3) is 0. The van der Waals surface area contributed by atoms with E-state index < -0.39 is 0 Å². The minimum atomic E-state index is 0. The number of benzene rings is 1. The number of amides is 1. The van der Waals surface area contributed by atoms with Gasteiger partial charge in [-0.3, -0.25) is 0 Å². The Hall–Kier alpha value is -1.91. The van der Waals surface area contributed by atoms with Gasteiger partial charge in [-0.15, -0.1) is 0 Å². The van der Waals surface area contributed by atoms with Gasteiger partial charge in [0, 0.05) is 41.5 Å². The molecule has 11 heteroatoms. The Kier molecular flexibility index (Phi) is 190. The second-order valence-corrected chi connectivity index (χ2v) is 2.64. The quantitative estimate of drug-likeness (QED) is 0.251. The molecule has 9 nitrogen and oxygen atoms in total. The average molecular weight is 762 g/mol. The molecule has 1 amide bonds. The minimum Gasteiger partial charge on any atom is -0.0312 e. The van der Waals surface area contributed by atoms with Crippen molar-refractivity contribution in [2.75, 3.05) is 0 Å². The van der Waals surface area contributed by atoms with E-state index in [9.17, 15) is 4.79 Å². The van der Waals surface area contributed by atoms with E-state index in [1.807, 2.05) is 50.3 Å². The summed E-state index contributed by atoms with van der Waals surface area (Å²) in [4.78, 5) is 12.8. The van der Waals surface area contributed by atoms with E-state index in [1.165, 1.54) is 6.41 Å². The molecule has 1 aliphatic rings. The Balaban J connectivity index is -0.0000000286. The smallest absolute Gasteiger partial charge is 0 e. The van der Waals surface area contributed by atoms with Crippen molar-refractivity contribution in [3.8, 4) is 0 Å². The monoisotopic (exact) mass is 763 g/mol. The summed E-state index contributed by atoms with van der Waals surface area (Å²) in [6, 6.07) is 9.20. The first-order valence-corrected chi connectivity index (χ1v) is 5.91. The van der Waals surface area contributed by atoms with Gasteiger partial charge < -0.3 is 16.0 Å². The maximum Gasteiger partial charge on any atom is 0 e. The van der Waals surface area contributed by atoms with Crippen molar-refractivity contribution in [1.82, 2.24) is 0 Å². The zero-order chi connectivity index (χ0) is 24.8. The zero-order valence-corrected chi connectivity index (χ0v) is 20.9. The van der Waals surface area contributed by atoms with Gasteiger partial charge in [-0.25, -0.2) is 0 Å². The molecule has 1 saturated carbocycles. The molecule has 1 aromatic rings. The van der Waals surface area contributed by atoms with Crippen molar-refractivity contribution in [2.45, 2.75) is 0 Å². The van der Waals surface area contributed by atoms with Gasteiger partial charge in [0.1, 0.15) is 0 Å². The summed E-state index contributed by atoms with van der Waals surface area (Å²) >= 11 is 0. The standard InChI is InChI=1S/C8H5NO.C5H5.7CO.Re.W/c10-7-9-6-8-4-2-1-3-5-8;1-2-4-5-3-1;7*1-2;;/h1-5H;1-5H;;;;;;;;;/q-2;;;;;;;;;;. The summed E-state index contributed by atoms with van der Waals surface area (Å²) in [7, 11) is 0. The summed E-state index contributed by atoms with van der Waals surface area (Å²) in [5.74, 6) is 0. The second-order valence-electron chi connectivity index (χ2n) is 2.64. The molecule has 0 bridgehead atoms. The van der Waals surface area contributed by atoms with Crippen LogP contribution in [0.5, 0.6) is 0 Å². The number of aliphatic imine (C=N–C) groups is 1. The fourth-order valence-electron chi connectivity index (χ4n) is 0.921. The molecule has 0 spiro atoms. The second kappa shape index (κ2) is 104. The third-order valence-electron chi connectivity index (χ3n) is 1.56. The van der Waals surface area contributed by atoms with Gasteiger partial charge in [-0.05, 0) is 32.1 Å². The van der Waals surface area contributed by atoms with Crippen LogP contribution in [0.4, 0.5) is 0 Å². The largest absolute Gasteiger partial charge is 0.0312 e. The van der Waals surface area contributed by atoms with Crippen LogP contribution < -0.4 is 0 Å². The van der Waals surface area contributed by atoms with Crippen molar-refractivity contribution in [2.24, 2.45) is 4.99 Å². The van der Waals surface area contributed by atoms with Crippen LogP contribution in [-0.2, 0) is 78.8 Å². The molecule has 1 fully saturated rings. The number of nitrogens with zero attached hydrogens (tertiary/aromatic N) is 1. The topological polar surface area (TPSA) is 169 Å². The first-order valence-electron chi connectivity index (χ1n) is 5.91.